The first-order valence-corrected chi connectivity index (χ1v) is 9.55. The number of hydrogen-bond donors (Lipinski definition) is 1. The Bertz CT molecular complexity index is 1140. The fourth-order valence-electron chi connectivity index (χ4n) is 3.57. The number of ether oxygens (including phenoxy) is 2. The van der Waals surface area contributed by atoms with Gasteiger partial charge in [-0.25, -0.2) is 4.98 Å². The molecule has 2 aromatic carbocycles. The van der Waals surface area contributed by atoms with Crippen LogP contribution in [-0.4, -0.2) is 36.0 Å². The minimum atomic E-state index is -0.845. The van der Waals surface area contributed by atoms with Crippen molar-refractivity contribution >= 4 is 23.3 Å². The SMILES string of the molecule is COc1ccc(/C(O)=C2\C(=O)C(=O)N(c3ccccn3)C2c2ccc(OC)cc2)cc1. The summed E-state index contributed by atoms with van der Waals surface area (Å²) in [6.45, 7) is 0. The van der Waals surface area contributed by atoms with Gasteiger partial charge in [-0.05, 0) is 54.1 Å². The van der Waals surface area contributed by atoms with Gasteiger partial charge in [-0.3, -0.25) is 14.5 Å². The van der Waals surface area contributed by atoms with Crippen LogP contribution in [0, 0.1) is 0 Å². The number of anilines is 1. The van der Waals surface area contributed by atoms with Crippen molar-refractivity contribution in [2.75, 3.05) is 19.1 Å². The molecule has 0 radical (unpaired) electrons. The number of aliphatic hydroxyl groups excluding tert-OH is 1. The topological polar surface area (TPSA) is 89.0 Å². The number of hydrogen-bond acceptors (Lipinski definition) is 6. The van der Waals surface area contributed by atoms with Crippen LogP contribution < -0.4 is 14.4 Å². The van der Waals surface area contributed by atoms with Crippen LogP contribution in [0.1, 0.15) is 17.2 Å². The number of ketones is 1. The number of aliphatic hydroxyl groups is 1. The lowest BCUT2D eigenvalue weighted by atomic mass is 9.95. The molecule has 1 atom stereocenters. The zero-order valence-corrected chi connectivity index (χ0v) is 17.0. The molecule has 1 fully saturated rings. The van der Waals surface area contributed by atoms with Gasteiger partial charge in [0.2, 0.25) is 0 Å². The Hall–Kier alpha value is -4.13. The average Bonchev–Trinajstić information content (AvgIpc) is 3.09. The third kappa shape index (κ3) is 3.61. The number of amides is 1. The Labute approximate surface area is 179 Å². The summed E-state index contributed by atoms with van der Waals surface area (Å²) in [4.78, 5) is 31.6. The Kier molecular flexibility index (Phi) is 5.41. The van der Waals surface area contributed by atoms with Gasteiger partial charge < -0.3 is 14.6 Å². The van der Waals surface area contributed by atoms with Crippen molar-refractivity contribution in [3.05, 3.63) is 89.6 Å². The Morgan fingerprint density at radius 3 is 2.06 bits per heavy atom. The molecule has 1 N–H and O–H groups in total. The number of carbonyl (C=O) groups excluding carboxylic acids is 2. The van der Waals surface area contributed by atoms with E-state index in [1.54, 1.807) is 80.0 Å². The zero-order chi connectivity index (χ0) is 22.0. The van der Waals surface area contributed by atoms with Gasteiger partial charge in [0.1, 0.15) is 23.1 Å². The van der Waals surface area contributed by atoms with Crippen LogP contribution in [0.5, 0.6) is 11.5 Å². The van der Waals surface area contributed by atoms with Crippen LogP contribution in [0.2, 0.25) is 0 Å². The predicted octanol–water partition coefficient (Wildman–Crippen LogP) is 3.73. The van der Waals surface area contributed by atoms with Gasteiger partial charge in [-0.15, -0.1) is 0 Å². The van der Waals surface area contributed by atoms with E-state index in [2.05, 4.69) is 4.98 Å². The molecule has 156 valence electrons. The third-order valence-corrected chi connectivity index (χ3v) is 5.14. The first-order valence-electron chi connectivity index (χ1n) is 9.55. The molecule has 0 aliphatic carbocycles. The fourth-order valence-corrected chi connectivity index (χ4v) is 3.57. The first kappa shape index (κ1) is 20.2. The summed E-state index contributed by atoms with van der Waals surface area (Å²) in [5.74, 6) is -0.236. The van der Waals surface area contributed by atoms with Crippen LogP contribution in [0.3, 0.4) is 0 Å². The van der Waals surface area contributed by atoms with Crippen LogP contribution in [0.25, 0.3) is 5.76 Å². The molecule has 0 saturated carbocycles. The van der Waals surface area contributed by atoms with E-state index in [1.165, 1.54) is 12.0 Å². The summed E-state index contributed by atoms with van der Waals surface area (Å²) in [5, 5.41) is 11.1. The molecule has 1 saturated heterocycles. The lowest BCUT2D eigenvalue weighted by Crippen LogP contribution is -2.30. The van der Waals surface area contributed by atoms with Crippen molar-refractivity contribution in [3.8, 4) is 11.5 Å². The van der Waals surface area contributed by atoms with E-state index in [4.69, 9.17) is 9.47 Å². The highest BCUT2D eigenvalue weighted by molar-refractivity contribution is 6.51. The van der Waals surface area contributed by atoms with Crippen molar-refractivity contribution in [1.29, 1.82) is 0 Å². The van der Waals surface area contributed by atoms with E-state index in [9.17, 15) is 14.7 Å². The second kappa shape index (κ2) is 8.31. The van der Waals surface area contributed by atoms with Crippen LogP contribution in [-0.2, 0) is 9.59 Å². The molecule has 0 bridgehead atoms. The van der Waals surface area contributed by atoms with Gasteiger partial charge in [0, 0.05) is 11.8 Å². The fraction of sp³-hybridized carbons (Fsp3) is 0.125. The number of methoxy groups -OCH3 is 2. The molecule has 2 heterocycles. The summed E-state index contributed by atoms with van der Waals surface area (Å²) >= 11 is 0. The second-order valence-corrected chi connectivity index (χ2v) is 6.86. The van der Waals surface area contributed by atoms with E-state index in [0.717, 1.165) is 0 Å². The van der Waals surface area contributed by atoms with Gasteiger partial charge >= 0.3 is 5.91 Å². The van der Waals surface area contributed by atoms with E-state index in [1.807, 2.05) is 0 Å². The van der Waals surface area contributed by atoms with Crippen LogP contribution in [0.15, 0.2) is 78.5 Å². The molecule has 31 heavy (non-hydrogen) atoms. The molecule has 7 heteroatoms. The molecule has 4 rings (SSSR count). The average molecular weight is 416 g/mol. The molecule has 7 nitrogen and oxygen atoms in total. The lowest BCUT2D eigenvalue weighted by Gasteiger charge is -2.24. The maximum absolute atomic E-state index is 13.0. The highest BCUT2D eigenvalue weighted by atomic mass is 16.5. The van der Waals surface area contributed by atoms with Crippen molar-refractivity contribution in [2.24, 2.45) is 0 Å². The van der Waals surface area contributed by atoms with Crippen molar-refractivity contribution in [1.82, 2.24) is 4.98 Å². The molecular formula is C24H20N2O5. The van der Waals surface area contributed by atoms with Crippen molar-refractivity contribution in [2.45, 2.75) is 6.04 Å². The smallest absolute Gasteiger partial charge is 0.301 e. The normalized spacial score (nSPS) is 17.6. The molecule has 1 aliphatic heterocycles. The molecular weight excluding hydrogens is 396 g/mol. The highest BCUT2D eigenvalue weighted by Crippen LogP contribution is 2.41. The maximum atomic E-state index is 13.0. The summed E-state index contributed by atoms with van der Waals surface area (Å²) in [7, 11) is 3.09. The van der Waals surface area contributed by atoms with E-state index >= 15 is 0 Å². The zero-order valence-electron chi connectivity index (χ0n) is 17.0. The van der Waals surface area contributed by atoms with Gasteiger partial charge in [0.25, 0.3) is 5.78 Å². The summed E-state index contributed by atoms with van der Waals surface area (Å²) < 4.78 is 10.4. The Balaban J connectivity index is 1.90. The van der Waals surface area contributed by atoms with Gasteiger partial charge in [-0.2, -0.15) is 0 Å². The summed E-state index contributed by atoms with van der Waals surface area (Å²) in [6, 6.07) is 17.9. The van der Waals surface area contributed by atoms with Gasteiger partial charge in [-0.1, -0.05) is 18.2 Å². The van der Waals surface area contributed by atoms with Crippen LogP contribution >= 0.6 is 0 Å². The maximum Gasteiger partial charge on any atom is 0.301 e. The molecule has 1 unspecified atom stereocenters. The predicted molar refractivity (Wildman–Crippen MR) is 115 cm³/mol. The Morgan fingerprint density at radius 1 is 0.903 bits per heavy atom. The highest BCUT2D eigenvalue weighted by Gasteiger charge is 2.47. The van der Waals surface area contributed by atoms with Gasteiger partial charge in [0.05, 0.1) is 25.8 Å². The molecule has 1 amide bonds. The van der Waals surface area contributed by atoms with Crippen LogP contribution in [0.4, 0.5) is 5.82 Å². The van der Waals surface area contributed by atoms with Crippen molar-refractivity contribution in [3.63, 3.8) is 0 Å². The molecule has 0 spiro atoms. The van der Waals surface area contributed by atoms with Gasteiger partial charge in [0.15, 0.2) is 0 Å². The quantitative estimate of drug-likeness (QED) is 0.387. The lowest BCUT2D eigenvalue weighted by molar-refractivity contribution is -0.132. The Morgan fingerprint density at radius 2 is 1.52 bits per heavy atom. The monoisotopic (exact) mass is 416 g/mol. The molecule has 3 aromatic rings. The largest absolute Gasteiger partial charge is 0.507 e. The molecule has 1 aliphatic rings. The minimum Gasteiger partial charge on any atom is -0.507 e. The number of aromatic nitrogens is 1. The summed E-state index contributed by atoms with van der Waals surface area (Å²) in [5.41, 5.74) is 1.03. The number of pyridine rings is 1. The second-order valence-electron chi connectivity index (χ2n) is 6.86. The van der Waals surface area contributed by atoms with E-state index < -0.39 is 17.7 Å². The number of benzene rings is 2. The number of nitrogens with zero attached hydrogens (tertiary/aromatic N) is 2. The minimum absolute atomic E-state index is 0.00835. The standard InChI is InChI=1S/C24H20N2O5/c1-30-17-10-6-15(7-11-17)21-20(22(27)16-8-12-18(31-2)13-9-16)23(28)24(29)26(21)19-5-3-4-14-25-19/h3-14,21,27H,1-2H3/b22-20+. The van der Waals surface area contributed by atoms with Crippen molar-refractivity contribution < 1.29 is 24.2 Å². The first-order chi connectivity index (χ1) is 15.0. The number of Topliss-reactive ketones (excluding diaryl/α,β-unsaturated/α-hetero) is 1. The number of carbonyl (C=O) groups is 2. The summed E-state index contributed by atoms with van der Waals surface area (Å²) in [6.07, 6.45) is 1.54. The third-order valence-electron chi connectivity index (χ3n) is 5.14. The van der Waals surface area contributed by atoms with E-state index in [0.29, 0.717) is 28.4 Å². The van der Waals surface area contributed by atoms with E-state index in [-0.39, 0.29) is 11.3 Å². The molecule has 1 aromatic heterocycles. The number of rotatable bonds is 5.